The van der Waals surface area contributed by atoms with Gasteiger partial charge in [0.05, 0.1) is 23.9 Å². The first-order valence-electron chi connectivity index (χ1n) is 13.2. The number of pyridine rings is 1. The van der Waals surface area contributed by atoms with Gasteiger partial charge in [-0.25, -0.2) is 9.97 Å². The molecule has 1 unspecified atom stereocenters. The molecule has 2 aromatic rings. The summed E-state index contributed by atoms with van der Waals surface area (Å²) in [7, 11) is 0. The lowest BCUT2D eigenvalue weighted by molar-refractivity contribution is 0.122. The first-order valence-corrected chi connectivity index (χ1v) is 13.6. The Labute approximate surface area is 225 Å². The van der Waals surface area contributed by atoms with Crippen molar-refractivity contribution in [2.24, 2.45) is 5.41 Å². The van der Waals surface area contributed by atoms with Gasteiger partial charge in [0.25, 0.3) is 0 Å². The second kappa shape index (κ2) is 10.8. The van der Waals surface area contributed by atoms with Crippen LogP contribution in [0.5, 0.6) is 0 Å². The van der Waals surface area contributed by atoms with Crippen molar-refractivity contribution < 1.29 is 4.74 Å². The van der Waals surface area contributed by atoms with Gasteiger partial charge in [0.2, 0.25) is 5.95 Å². The second-order valence-corrected chi connectivity index (χ2v) is 11.4. The van der Waals surface area contributed by atoms with Crippen LogP contribution in [0.4, 0.5) is 17.6 Å². The fourth-order valence-electron chi connectivity index (χ4n) is 5.10. The molecule has 7 nitrogen and oxygen atoms in total. The van der Waals surface area contributed by atoms with Crippen LogP contribution >= 0.6 is 11.6 Å². The fourth-order valence-corrected chi connectivity index (χ4v) is 5.34. The summed E-state index contributed by atoms with van der Waals surface area (Å²) in [5.74, 6) is 2.60. The molecular weight excluding hydrogens is 484 g/mol. The highest BCUT2D eigenvalue weighted by Gasteiger charge is 2.28. The molecule has 2 saturated heterocycles. The predicted molar refractivity (Wildman–Crippen MR) is 153 cm³/mol. The average Bonchev–Trinajstić information content (AvgIpc) is 3.16. The van der Waals surface area contributed by atoms with E-state index >= 15 is 0 Å². The molecule has 3 aliphatic rings. The topological polar surface area (TPSA) is 57.6 Å². The van der Waals surface area contributed by atoms with Crippen molar-refractivity contribution in [3.05, 3.63) is 65.0 Å². The summed E-state index contributed by atoms with van der Waals surface area (Å²) in [5.41, 5.74) is 3.56. The maximum absolute atomic E-state index is 6.45. The molecule has 1 aliphatic carbocycles. The van der Waals surface area contributed by atoms with Gasteiger partial charge in [0.15, 0.2) is 0 Å². The number of hydrogen-bond acceptors (Lipinski definition) is 7. The quantitative estimate of drug-likeness (QED) is 0.535. The van der Waals surface area contributed by atoms with Gasteiger partial charge in [-0.05, 0) is 42.0 Å². The van der Waals surface area contributed by atoms with Crippen molar-refractivity contribution in [2.45, 2.75) is 40.2 Å². The molecule has 0 aromatic carbocycles. The molecule has 0 amide bonds. The number of anilines is 3. The Hall–Kier alpha value is -2.90. The molecule has 37 heavy (non-hydrogen) atoms. The number of aromatic nitrogens is 3. The molecular formula is C29H37ClN6O. The monoisotopic (exact) mass is 520 g/mol. The standard InChI is InChI=1S/C29H37ClN6O/c1-21-20-35(27-24(30)9-6-12-31-27)13-14-36(21)26-19-25(32-28(33-26)34-15-17-37-18-16-34)22-7-5-8-23(11-10-22)29(2,3)4/h6-12,19,21H,5,13-18,20H2,1-4H3. The van der Waals surface area contributed by atoms with Crippen LogP contribution in [-0.4, -0.2) is 66.9 Å². The molecule has 2 aliphatic heterocycles. The van der Waals surface area contributed by atoms with Crippen LogP contribution in [0.15, 0.2) is 54.3 Å². The molecule has 5 rings (SSSR count). The minimum Gasteiger partial charge on any atom is -0.378 e. The molecule has 0 spiro atoms. The number of morpholine rings is 1. The molecule has 0 radical (unpaired) electrons. The zero-order valence-electron chi connectivity index (χ0n) is 22.3. The number of hydrogen-bond donors (Lipinski definition) is 0. The zero-order chi connectivity index (χ0) is 26.0. The molecule has 8 heteroatoms. The van der Waals surface area contributed by atoms with Crippen LogP contribution in [0.25, 0.3) is 5.57 Å². The summed E-state index contributed by atoms with van der Waals surface area (Å²) in [6, 6.07) is 6.17. The summed E-state index contributed by atoms with van der Waals surface area (Å²) >= 11 is 6.45. The number of allylic oxidation sites excluding steroid dienone is 6. The molecule has 4 heterocycles. The van der Waals surface area contributed by atoms with Gasteiger partial charge in [-0.2, -0.15) is 4.98 Å². The van der Waals surface area contributed by atoms with Gasteiger partial charge in [0, 0.05) is 51.0 Å². The Morgan fingerprint density at radius 3 is 2.54 bits per heavy atom. The Balaban J connectivity index is 1.45. The van der Waals surface area contributed by atoms with Crippen molar-refractivity contribution in [1.29, 1.82) is 0 Å². The van der Waals surface area contributed by atoms with Crippen LogP contribution in [0.1, 0.15) is 39.8 Å². The molecule has 0 N–H and O–H groups in total. The highest BCUT2D eigenvalue weighted by atomic mass is 35.5. The number of rotatable bonds is 4. The highest BCUT2D eigenvalue weighted by Crippen LogP contribution is 2.33. The van der Waals surface area contributed by atoms with Crippen molar-refractivity contribution in [3.63, 3.8) is 0 Å². The Morgan fingerprint density at radius 2 is 1.81 bits per heavy atom. The largest absolute Gasteiger partial charge is 0.378 e. The third kappa shape index (κ3) is 5.83. The molecule has 2 aromatic heterocycles. The first kappa shape index (κ1) is 25.7. The molecule has 2 fully saturated rings. The van der Waals surface area contributed by atoms with E-state index in [0.29, 0.717) is 18.2 Å². The minimum absolute atomic E-state index is 0.112. The Morgan fingerprint density at radius 1 is 1.00 bits per heavy atom. The van der Waals surface area contributed by atoms with E-state index in [1.807, 2.05) is 12.1 Å². The summed E-state index contributed by atoms with van der Waals surface area (Å²) < 4.78 is 5.60. The normalized spacial score (nSPS) is 21.0. The van der Waals surface area contributed by atoms with Crippen LogP contribution < -0.4 is 14.7 Å². The van der Waals surface area contributed by atoms with E-state index in [0.717, 1.165) is 68.0 Å². The molecule has 196 valence electrons. The SMILES string of the molecule is CC1CN(c2ncccc2Cl)CCN1c1cc(C2=CCC=C(C(C)(C)C)C=C2)nc(N2CCOCC2)n1. The molecule has 1 atom stereocenters. The summed E-state index contributed by atoms with van der Waals surface area (Å²) in [5, 5.41) is 0.692. The fraction of sp³-hybridized carbons (Fsp3) is 0.483. The summed E-state index contributed by atoms with van der Waals surface area (Å²) in [4.78, 5) is 21.6. The number of halogens is 1. The van der Waals surface area contributed by atoms with Crippen LogP contribution in [0.2, 0.25) is 5.02 Å². The van der Waals surface area contributed by atoms with Gasteiger partial charge in [-0.15, -0.1) is 0 Å². The third-order valence-electron chi connectivity index (χ3n) is 7.23. The van der Waals surface area contributed by atoms with E-state index in [-0.39, 0.29) is 11.5 Å². The smallest absolute Gasteiger partial charge is 0.228 e. The van der Waals surface area contributed by atoms with E-state index in [9.17, 15) is 0 Å². The Bertz CT molecular complexity index is 1210. The van der Waals surface area contributed by atoms with Crippen molar-refractivity contribution in [1.82, 2.24) is 15.0 Å². The van der Waals surface area contributed by atoms with Crippen LogP contribution in [-0.2, 0) is 4.74 Å². The second-order valence-electron chi connectivity index (χ2n) is 10.9. The van der Waals surface area contributed by atoms with Gasteiger partial charge in [-0.1, -0.05) is 56.7 Å². The minimum atomic E-state index is 0.112. The molecule has 0 saturated carbocycles. The van der Waals surface area contributed by atoms with Gasteiger partial charge in [-0.3, -0.25) is 0 Å². The Kier molecular flexibility index (Phi) is 7.54. The maximum atomic E-state index is 6.45. The lowest BCUT2D eigenvalue weighted by atomic mass is 9.86. The lowest BCUT2D eigenvalue weighted by Gasteiger charge is -2.41. The van der Waals surface area contributed by atoms with E-state index in [2.05, 4.69) is 77.7 Å². The summed E-state index contributed by atoms with van der Waals surface area (Å²) in [6.07, 6.45) is 11.7. The average molecular weight is 521 g/mol. The van der Waals surface area contributed by atoms with Crippen LogP contribution in [0, 0.1) is 5.41 Å². The maximum Gasteiger partial charge on any atom is 0.228 e. The number of ether oxygens (including phenoxy) is 1. The van der Waals surface area contributed by atoms with Crippen molar-refractivity contribution in [3.8, 4) is 0 Å². The van der Waals surface area contributed by atoms with Gasteiger partial charge >= 0.3 is 0 Å². The van der Waals surface area contributed by atoms with E-state index in [1.165, 1.54) is 5.57 Å². The molecule has 0 bridgehead atoms. The van der Waals surface area contributed by atoms with Gasteiger partial charge < -0.3 is 19.4 Å². The van der Waals surface area contributed by atoms with E-state index in [1.54, 1.807) is 6.20 Å². The lowest BCUT2D eigenvalue weighted by Crippen LogP contribution is -2.53. The number of piperazine rings is 1. The highest BCUT2D eigenvalue weighted by molar-refractivity contribution is 6.32. The first-order chi connectivity index (χ1) is 17.8. The zero-order valence-corrected chi connectivity index (χ0v) is 23.1. The van der Waals surface area contributed by atoms with Crippen molar-refractivity contribution in [2.75, 3.05) is 60.6 Å². The third-order valence-corrected chi connectivity index (χ3v) is 7.53. The van der Waals surface area contributed by atoms with Crippen molar-refractivity contribution >= 4 is 34.8 Å². The van der Waals surface area contributed by atoms with E-state index in [4.69, 9.17) is 26.3 Å². The predicted octanol–water partition coefficient (Wildman–Crippen LogP) is 5.39. The van der Waals surface area contributed by atoms with Gasteiger partial charge in [0.1, 0.15) is 11.6 Å². The van der Waals surface area contributed by atoms with Crippen LogP contribution in [0.3, 0.4) is 0 Å². The summed E-state index contributed by atoms with van der Waals surface area (Å²) in [6.45, 7) is 14.5. The number of nitrogens with zero attached hydrogens (tertiary/aromatic N) is 6. The van der Waals surface area contributed by atoms with E-state index < -0.39 is 0 Å².